The molecular formula is C25H37BrN2O5S. The van der Waals surface area contributed by atoms with E-state index in [1.165, 1.54) is 6.08 Å². The van der Waals surface area contributed by atoms with Crippen molar-refractivity contribution in [1.82, 2.24) is 9.80 Å². The van der Waals surface area contributed by atoms with Gasteiger partial charge in [0.15, 0.2) is 0 Å². The standard InChI is InChI=1S/C25H37BrN2O5S/c1-5-9-10-12-27(11-6-2)23(31)21-25-14-17(26)20(34-25)18(24(32)33-13-7-3)19(25)22(30)28(21)16(8-4)15-29/h6-7,16-21,29H,2-3,5,8-15H2,1,4H3/t16-,17?,18+,19-,20+,21?,25?/m0/s1. The van der Waals surface area contributed by atoms with Crippen molar-refractivity contribution in [1.29, 1.82) is 0 Å². The number of likely N-dealkylation sites (tertiary alicyclic amines) is 1. The van der Waals surface area contributed by atoms with Gasteiger partial charge in [0.1, 0.15) is 12.6 Å². The molecule has 3 heterocycles. The average Bonchev–Trinajstić information content (AvgIpc) is 3.41. The zero-order chi connectivity index (χ0) is 25.0. The molecule has 0 radical (unpaired) electrons. The van der Waals surface area contributed by atoms with E-state index in [0.717, 1.165) is 19.3 Å². The van der Waals surface area contributed by atoms with E-state index in [-0.39, 0.29) is 35.1 Å². The lowest BCUT2D eigenvalue weighted by atomic mass is 9.71. The second-order valence-corrected chi connectivity index (χ2v) is 12.1. The number of amides is 2. The number of hydrogen-bond donors (Lipinski definition) is 1. The monoisotopic (exact) mass is 556 g/mol. The second kappa shape index (κ2) is 11.6. The van der Waals surface area contributed by atoms with Crippen molar-refractivity contribution in [2.45, 2.75) is 72.9 Å². The molecule has 9 heteroatoms. The molecule has 7 atom stereocenters. The predicted octanol–water partition coefficient (Wildman–Crippen LogP) is 3.16. The summed E-state index contributed by atoms with van der Waals surface area (Å²) in [6.45, 7) is 12.3. The number of ether oxygens (including phenoxy) is 1. The topological polar surface area (TPSA) is 87.2 Å². The summed E-state index contributed by atoms with van der Waals surface area (Å²) in [6.07, 6.45) is 7.27. The normalized spacial score (nSPS) is 32.4. The number of esters is 1. The molecule has 1 N–H and O–H groups in total. The van der Waals surface area contributed by atoms with E-state index < -0.39 is 34.6 Å². The van der Waals surface area contributed by atoms with Crippen LogP contribution in [0.3, 0.4) is 0 Å². The van der Waals surface area contributed by atoms with E-state index >= 15 is 0 Å². The summed E-state index contributed by atoms with van der Waals surface area (Å²) in [7, 11) is 0. The Balaban J connectivity index is 2.04. The van der Waals surface area contributed by atoms with Crippen LogP contribution in [-0.4, -0.2) is 85.9 Å². The van der Waals surface area contributed by atoms with Gasteiger partial charge in [-0.15, -0.1) is 18.3 Å². The summed E-state index contributed by atoms with van der Waals surface area (Å²) in [6, 6.07) is -1.23. The molecule has 34 heavy (non-hydrogen) atoms. The van der Waals surface area contributed by atoms with Gasteiger partial charge in [-0.2, -0.15) is 0 Å². The molecule has 0 aromatic carbocycles. The zero-order valence-electron chi connectivity index (χ0n) is 20.2. The van der Waals surface area contributed by atoms with Crippen LogP contribution in [0.2, 0.25) is 0 Å². The van der Waals surface area contributed by atoms with E-state index in [1.807, 2.05) is 6.92 Å². The van der Waals surface area contributed by atoms with E-state index in [9.17, 15) is 19.5 Å². The molecule has 2 amide bonds. The van der Waals surface area contributed by atoms with Gasteiger partial charge in [0, 0.05) is 23.2 Å². The Morgan fingerprint density at radius 2 is 2.09 bits per heavy atom. The molecule has 0 aliphatic carbocycles. The van der Waals surface area contributed by atoms with Crippen LogP contribution in [-0.2, 0) is 19.1 Å². The number of aliphatic hydroxyl groups is 1. The average molecular weight is 558 g/mol. The molecule has 3 saturated heterocycles. The summed E-state index contributed by atoms with van der Waals surface area (Å²) in [4.78, 5) is 44.6. The van der Waals surface area contributed by atoms with Gasteiger partial charge in [0.25, 0.3) is 0 Å². The maximum absolute atomic E-state index is 14.1. The third kappa shape index (κ3) is 4.60. The van der Waals surface area contributed by atoms with Crippen LogP contribution in [0, 0.1) is 11.8 Å². The van der Waals surface area contributed by atoms with Crippen molar-refractivity contribution >= 4 is 45.5 Å². The fourth-order valence-electron chi connectivity index (χ4n) is 5.83. The number of rotatable bonds is 13. The molecular weight excluding hydrogens is 520 g/mol. The Kier molecular flexibility index (Phi) is 9.31. The van der Waals surface area contributed by atoms with E-state index in [1.54, 1.807) is 27.6 Å². The molecule has 0 aromatic rings. The Morgan fingerprint density at radius 3 is 2.68 bits per heavy atom. The molecule has 190 valence electrons. The minimum Gasteiger partial charge on any atom is -0.461 e. The van der Waals surface area contributed by atoms with Crippen LogP contribution in [0.1, 0.15) is 46.0 Å². The van der Waals surface area contributed by atoms with E-state index in [4.69, 9.17) is 4.74 Å². The molecule has 3 rings (SSSR count). The van der Waals surface area contributed by atoms with Crippen molar-refractivity contribution in [3.63, 3.8) is 0 Å². The lowest BCUT2D eigenvalue weighted by Gasteiger charge is -2.39. The van der Waals surface area contributed by atoms with Crippen molar-refractivity contribution in [3.05, 3.63) is 25.3 Å². The van der Waals surface area contributed by atoms with Crippen molar-refractivity contribution < 1.29 is 24.2 Å². The summed E-state index contributed by atoms with van der Waals surface area (Å²) < 4.78 is 4.67. The number of carbonyl (C=O) groups excluding carboxylic acids is 3. The van der Waals surface area contributed by atoms with Crippen LogP contribution in [0.4, 0.5) is 0 Å². The fraction of sp³-hybridized carbons (Fsp3) is 0.720. The summed E-state index contributed by atoms with van der Waals surface area (Å²) in [5.41, 5.74) is 0. The minimum atomic E-state index is -0.740. The van der Waals surface area contributed by atoms with Crippen LogP contribution < -0.4 is 0 Å². The number of aliphatic hydroxyl groups excluding tert-OH is 1. The number of fused-ring (bicyclic) bond motifs is 1. The number of nitrogens with zero attached hydrogens (tertiary/aromatic N) is 2. The van der Waals surface area contributed by atoms with Crippen molar-refractivity contribution in [2.75, 3.05) is 26.3 Å². The minimum absolute atomic E-state index is 0.0137. The zero-order valence-corrected chi connectivity index (χ0v) is 22.6. The fourth-order valence-corrected chi connectivity index (χ4v) is 9.41. The molecule has 7 nitrogen and oxygen atoms in total. The maximum Gasteiger partial charge on any atom is 0.311 e. The highest BCUT2D eigenvalue weighted by atomic mass is 79.9. The van der Waals surface area contributed by atoms with Gasteiger partial charge in [-0.1, -0.05) is 61.4 Å². The first-order valence-electron chi connectivity index (χ1n) is 12.2. The Hall–Kier alpha value is -1.32. The first-order chi connectivity index (χ1) is 16.3. The molecule has 3 aliphatic heterocycles. The smallest absolute Gasteiger partial charge is 0.311 e. The van der Waals surface area contributed by atoms with E-state index in [0.29, 0.717) is 25.9 Å². The predicted molar refractivity (Wildman–Crippen MR) is 138 cm³/mol. The van der Waals surface area contributed by atoms with Crippen LogP contribution in [0.15, 0.2) is 25.3 Å². The molecule has 3 fully saturated rings. The Labute approximate surface area is 215 Å². The molecule has 0 saturated carbocycles. The highest BCUT2D eigenvalue weighted by Crippen LogP contribution is 2.68. The SMILES string of the molecule is C=CCOC(=O)[C@H]1[C@@H]2SC3(CC2Br)C(C(=O)N(CC=C)CCCCC)N([C@@H](CC)CO)C(=O)[C@H]13. The molecule has 3 unspecified atom stereocenters. The number of alkyl halides is 1. The molecule has 1 spiro atoms. The highest BCUT2D eigenvalue weighted by molar-refractivity contribution is 9.09. The lowest BCUT2D eigenvalue weighted by molar-refractivity contribution is -0.153. The second-order valence-electron chi connectivity index (χ2n) is 9.35. The van der Waals surface area contributed by atoms with Gasteiger partial charge in [-0.3, -0.25) is 14.4 Å². The number of halogens is 1. The molecule has 3 aliphatic rings. The summed E-state index contributed by atoms with van der Waals surface area (Å²) >= 11 is 5.32. The highest BCUT2D eigenvalue weighted by Gasteiger charge is 2.76. The van der Waals surface area contributed by atoms with Gasteiger partial charge in [0.05, 0.1) is 29.2 Å². The first kappa shape index (κ1) is 27.3. The van der Waals surface area contributed by atoms with Gasteiger partial charge in [-0.25, -0.2) is 0 Å². The van der Waals surface area contributed by atoms with Gasteiger partial charge in [-0.05, 0) is 19.3 Å². The number of hydrogen-bond acceptors (Lipinski definition) is 6. The van der Waals surface area contributed by atoms with Gasteiger partial charge >= 0.3 is 5.97 Å². The summed E-state index contributed by atoms with van der Waals surface area (Å²) in [5.74, 6) is -2.05. The Morgan fingerprint density at radius 1 is 1.35 bits per heavy atom. The van der Waals surface area contributed by atoms with Crippen LogP contribution in [0.5, 0.6) is 0 Å². The third-order valence-corrected chi connectivity index (χ3v) is 10.6. The Bertz CT molecular complexity index is 806. The molecule has 2 bridgehead atoms. The van der Waals surface area contributed by atoms with Crippen LogP contribution >= 0.6 is 27.7 Å². The molecule has 0 aromatic heterocycles. The maximum atomic E-state index is 14.1. The van der Waals surface area contributed by atoms with Gasteiger partial charge < -0.3 is 19.6 Å². The van der Waals surface area contributed by atoms with Crippen molar-refractivity contribution in [3.8, 4) is 0 Å². The number of unbranched alkanes of at least 4 members (excludes halogenated alkanes) is 2. The quantitative estimate of drug-likeness (QED) is 0.162. The van der Waals surface area contributed by atoms with E-state index in [2.05, 4.69) is 36.0 Å². The van der Waals surface area contributed by atoms with Crippen LogP contribution in [0.25, 0.3) is 0 Å². The number of carbonyl (C=O) groups is 3. The largest absolute Gasteiger partial charge is 0.461 e. The lowest BCUT2D eigenvalue weighted by Crippen LogP contribution is -2.57. The summed E-state index contributed by atoms with van der Waals surface area (Å²) in [5, 5.41) is 9.99. The van der Waals surface area contributed by atoms with Gasteiger partial charge in [0.2, 0.25) is 11.8 Å². The third-order valence-electron chi connectivity index (χ3n) is 7.34. The number of thioether (sulfide) groups is 1. The first-order valence-corrected chi connectivity index (χ1v) is 14.0. The van der Waals surface area contributed by atoms with Crippen molar-refractivity contribution in [2.24, 2.45) is 11.8 Å².